The van der Waals surface area contributed by atoms with Crippen LogP contribution < -0.4 is 5.32 Å². The summed E-state index contributed by atoms with van der Waals surface area (Å²) in [6.07, 6.45) is 7.72. The van der Waals surface area contributed by atoms with E-state index in [0.29, 0.717) is 12.0 Å². The van der Waals surface area contributed by atoms with Crippen LogP contribution in [0.15, 0.2) is 6.20 Å². The molecule has 2 unspecified atom stereocenters. The second kappa shape index (κ2) is 5.97. The van der Waals surface area contributed by atoms with Gasteiger partial charge in [-0.3, -0.25) is 0 Å². The number of rotatable bonds is 4. The summed E-state index contributed by atoms with van der Waals surface area (Å²) in [7, 11) is 0. The average molecular weight is 261 g/mol. The number of fused-ring (bicyclic) bond motifs is 1. The maximum Gasteiger partial charge on any atom is 0.128 e. The lowest BCUT2D eigenvalue weighted by atomic mass is 9.92. The van der Waals surface area contributed by atoms with Gasteiger partial charge in [0.2, 0.25) is 0 Å². The fourth-order valence-corrected chi connectivity index (χ4v) is 3.15. The Bertz CT molecular complexity index is 429. The second-order valence-corrected chi connectivity index (χ2v) is 5.62. The molecule has 4 nitrogen and oxygen atoms in total. The van der Waals surface area contributed by atoms with Gasteiger partial charge in [0.25, 0.3) is 0 Å². The zero-order valence-corrected chi connectivity index (χ0v) is 11.7. The summed E-state index contributed by atoms with van der Waals surface area (Å²) in [5, 5.41) is 3.53. The Morgan fingerprint density at radius 2 is 2.37 bits per heavy atom. The highest BCUT2D eigenvalue weighted by atomic mass is 16.5. The summed E-state index contributed by atoms with van der Waals surface area (Å²) in [4.78, 5) is 9.38. The van der Waals surface area contributed by atoms with Crippen molar-refractivity contribution in [1.82, 2.24) is 15.3 Å². The van der Waals surface area contributed by atoms with Gasteiger partial charge in [0.05, 0.1) is 0 Å². The topological polar surface area (TPSA) is 47.0 Å². The van der Waals surface area contributed by atoms with Crippen molar-refractivity contribution in [3.63, 3.8) is 0 Å². The normalized spacial score (nSPS) is 26.4. The van der Waals surface area contributed by atoms with E-state index in [2.05, 4.69) is 23.4 Å². The molecule has 4 heteroatoms. The zero-order chi connectivity index (χ0) is 13.1. The average Bonchev–Trinajstić information content (AvgIpc) is 2.92. The highest BCUT2D eigenvalue weighted by molar-refractivity contribution is 5.24. The predicted molar refractivity (Wildman–Crippen MR) is 74.0 cm³/mol. The van der Waals surface area contributed by atoms with Crippen molar-refractivity contribution < 1.29 is 4.74 Å². The molecule has 3 rings (SSSR count). The minimum atomic E-state index is 0.456. The minimum Gasteiger partial charge on any atom is -0.381 e. The Morgan fingerprint density at radius 3 is 3.16 bits per heavy atom. The van der Waals surface area contributed by atoms with Gasteiger partial charge in [-0.25, -0.2) is 9.97 Å². The van der Waals surface area contributed by atoms with Gasteiger partial charge >= 0.3 is 0 Å². The van der Waals surface area contributed by atoms with E-state index in [4.69, 9.17) is 9.72 Å². The molecule has 1 N–H and O–H groups in total. The first kappa shape index (κ1) is 13.0. The number of aromatic nitrogens is 2. The summed E-state index contributed by atoms with van der Waals surface area (Å²) < 4.78 is 5.43. The van der Waals surface area contributed by atoms with Gasteiger partial charge in [0, 0.05) is 43.1 Å². The Morgan fingerprint density at radius 1 is 1.42 bits per heavy atom. The van der Waals surface area contributed by atoms with E-state index in [-0.39, 0.29) is 0 Å². The van der Waals surface area contributed by atoms with Crippen LogP contribution in [0.1, 0.15) is 49.3 Å². The smallest absolute Gasteiger partial charge is 0.128 e. The third kappa shape index (κ3) is 2.95. The van der Waals surface area contributed by atoms with Crippen LogP contribution in [0.25, 0.3) is 0 Å². The van der Waals surface area contributed by atoms with Crippen molar-refractivity contribution in [2.45, 2.75) is 45.1 Å². The molecule has 1 aliphatic heterocycles. The number of hydrogen-bond acceptors (Lipinski definition) is 4. The summed E-state index contributed by atoms with van der Waals surface area (Å²) in [5.41, 5.74) is 2.58. The van der Waals surface area contributed by atoms with Gasteiger partial charge in [-0.1, -0.05) is 6.92 Å². The fraction of sp³-hybridized carbons (Fsp3) is 0.733. The van der Waals surface area contributed by atoms with E-state index in [1.54, 1.807) is 0 Å². The van der Waals surface area contributed by atoms with Crippen molar-refractivity contribution in [3.05, 3.63) is 23.3 Å². The highest BCUT2D eigenvalue weighted by Gasteiger charge is 2.23. The lowest BCUT2D eigenvalue weighted by Crippen LogP contribution is -2.26. The number of ether oxygens (including phenoxy) is 1. The van der Waals surface area contributed by atoms with Gasteiger partial charge in [0.15, 0.2) is 0 Å². The molecular formula is C15H23N3O. The van der Waals surface area contributed by atoms with Crippen molar-refractivity contribution in [2.75, 3.05) is 19.8 Å². The van der Waals surface area contributed by atoms with Crippen molar-refractivity contribution >= 4 is 0 Å². The first-order valence-corrected chi connectivity index (χ1v) is 7.52. The van der Waals surface area contributed by atoms with Crippen LogP contribution >= 0.6 is 0 Å². The quantitative estimate of drug-likeness (QED) is 0.901. The molecule has 0 spiro atoms. The SMILES string of the molecule is CCNC1CCCc2nc(CC3CCOC3)ncc21. The Balaban J connectivity index is 1.74. The monoisotopic (exact) mass is 261 g/mol. The first-order valence-electron chi connectivity index (χ1n) is 7.52. The third-order valence-corrected chi connectivity index (χ3v) is 4.18. The van der Waals surface area contributed by atoms with Gasteiger partial charge < -0.3 is 10.1 Å². The van der Waals surface area contributed by atoms with Crippen molar-refractivity contribution in [2.24, 2.45) is 5.92 Å². The van der Waals surface area contributed by atoms with Crippen molar-refractivity contribution in [1.29, 1.82) is 0 Å². The van der Waals surface area contributed by atoms with Crippen LogP contribution in [0, 0.1) is 5.92 Å². The predicted octanol–water partition coefficient (Wildman–Crippen LogP) is 2.04. The molecule has 1 saturated heterocycles. The van der Waals surface area contributed by atoms with Gasteiger partial charge in [-0.2, -0.15) is 0 Å². The standard InChI is InChI=1S/C15H23N3O/c1-2-16-13-4-3-5-14-12(13)9-17-15(18-14)8-11-6-7-19-10-11/h9,11,13,16H,2-8,10H2,1H3. The molecule has 0 saturated carbocycles. The van der Waals surface area contributed by atoms with E-state index in [9.17, 15) is 0 Å². The van der Waals surface area contributed by atoms with Crippen LogP contribution in [0.3, 0.4) is 0 Å². The molecular weight excluding hydrogens is 238 g/mol. The van der Waals surface area contributed by atoms with Gasteiger partial charge in [-0.05, 0) is 38.1 Å². The largest absolute Gasteiger partial charge is 0.381 e. The van der Waals surface area contributed by atoms with Crippen LogP contribution in [0.5, 0.6) is 0 Å². The first-order chi connectivity index (χ1) is 9.36. The fourth-order valence-electron chi connectivity index (χ4n) is 3.15. The zero-order valence-electron chi connectivity index (χ0n) is 11.7. The lowest BCUT2D eigenvalue weighted by molar-refractivity contribution is 0.185. The number of nitrogens with zero attached hydrogens (tertiary/aromatic N) is 2. The second-order valence-electron chi connectivity index (χ2n) is 5.62. The maximum absolute atomic E-state index is 5.43. The van der Waals surface area contributed by atoms with E-state index < -0.39 is 0 Å². The summed E-state index contributed by atoms with van der Waals surface area (Å²) in [5.74, 6) is 1.62. The number of hydrogen-bond donors (Lipinski definition) is 1. The highest BCUT2D eigenvalue weighted by Crippen LogP contribution is 2.28. The van der Waals surface area contributed by atoms with Crippen LogP contribution in [0.4, 0.5) is 0 Å². The van der Waals surface area contributed by atoms with Gasteiger partial charge in [-0.15, -0.1) is 0 Å². The molecule has 19 heavy (non-hydrogen) atoms. The molecule has 1 aromatic rings. The van der Waals surface area contributed by atoms with E-state index in [1.165, 1.54) is 24.1 Å². The van der Waals surface area contributed by atoms with Gasteiger partial charge in [0.1, 0.15) is 5.82 Å². The molecule has 2 atom stereocenters. The van der Waals surface area contributed by atoms with Crippen LogP contribution in [0.2, 0.25) is 0 Å². The molecule has 104 valence electrons. The minimum absolute atomic E-state index is 0.456. The molecule has 2 aliphatic rings. The van der Waals surface area contributed by atoms with Crippen LogP contribution in [-0.4, -0.2) is 29.7 Å². The summed E-state index contributed by atoms with van der Waals surface area (Å²) in [6, 6.07) is 0.456. The van der Waals surface area contributed by atoms with E-state index in [0.717, 1.165) is 44.8 Å². The molecule has 2 heterocycles. The van der Waals surface area contributed by atoms with Crippen LogP contribution in [-0.2, 0) is 17.6 Å². The third-order valence-electron chi connectivity index (χ3n) is 4.18. The molecule has 0 aromatic carbocycles. The maximum atomic E-state index is 5.43. The Kier molecular flexibility index (Phi) is 4.09. The molecule has 1 fully saturated rings. The molecule has 0 radical (unpaired) electrons. The van der Waals surface area contributed by atoms with E-state index >= 15 is 0 Å². The number of aryl methyl sites for hydroxylation is 1. The molecule has 1 aromatic heterocycles. The summed E-state index contributed by atoms with van der Waals surface area (Å²) >= 11 is 0. The number of nitrogens with one attached hydrogen (secondary N) is 1. The Hall–Kier alpha value is -1.00. The Labute approximate surface area is 115 Å². The lowest BCUT2D eigenvalue weighted by Gasteiger charge is -2.25. The molecule has 1 aliphatic carbocycles. The van der Waals surface area contributed by atoms with E-state index in [1.807, 2.05) is 0 Å². The van der Waals surface area contributed by atoms with Crippen molar-refractivity contribution in [3.8, 4) is 0 Å². The summed E-state index contributed by atoms with van der Waals surface area (Å²) in [6.45, 7) is 4.94. The molecule has 0 bridgehead atoms. The molecule has 0 amide bonds.